The maximum absolute atomic E-state index is 12.1. The van der Waals surface area contributed by atoms with Crippen molar-refractivity contribution in [1.29, 1.82) is 0 Å². The molecule has 1 atom stereocenters. The molecule has 0 radical (unpaired) electrons. The van der Waals surface area contributed by atoms with Crippen molar-refractivity contribution in [2.45, 2.75) is 19.1 Å². The predicted molar refractivity (Wildman–Crippen MR) is 90.5 cm³/mol. The molecule has 2 aromatic carbocycles. The Morgan fingerprint density at radius 1 is 1.35 bits per heavy atom. The second-order valence-electron chi connectivity index (χ2n) is 6.35. The van der Waals surface area contributed by atoms with Gasteiger partial charge < -0.3 is 19.5 Å². The highest BCUT2D eigenvalue weighted by atomic mass is 16.6. The van der Waals surface area contributed by atoms with Crippen LogP contribution in [0.15, 0.2) is 30.3 Å². The van der Waals surface area contributed by atoms with Crippen LogP contribution in [0.5, 0.6) is 17.2 Å². The van der Waals surface area contributed by atoms with E-state index >= 15 is 0 Å². The molecule has 134 valence electrons. The summed E-state index contributed by atoms with van der Waals surface area (Å²) in [6.45, 7) is 0.822. The lowest BCUT2D eigenvalue weighted by Crippen LogP contribution is -2.17. The number of hydrogen-bond acceptors (Lipinski definition) is 6. The summed E-state index contributed by atoms with van der Waals surface area (Å²) in [5.74, 6) is 0.487. The zero-order valence-corrected chi connectivity index (χ0v) is 14.0. The molecule has 1 amide bonds. The molecular formula is C18H16N2O6. The van der Waals surface area contributed by atoms with E-state index in [1.54, 1.807) is 30.1 Å². The van der Waals surface area contributed by atoms with Crippen LogP contribution in [0.1, 0.15) is 34.0 Å². The summed E-state index contributed by atoms with van der Waals surface area (Å²) in [5, 5.41) is 21.5. The quantitative estimate of drug-likeness (QED) is 0.670. The van der Waals surface area contributed by atoms with E-state index in [1.807, 2.05) is 0 Å². The lowest BCUT2D eigenvalue weighted by Gasteiger charge is -2.22. The number of nitro benzene ring substituents is 1. The summed E-state index contributed by atoms with van der Waals surface area (Å²) < 4.78 is 11.1. The molecule has 0 saturated carbocycles. The molecule has 0 spiro atoms. The number of carbonyl (C=O) groups excluding carboxylic acids is 1. The van der Waals surface area contributed by atoms with E-state index in [1.165, 1.54) is 12.1 Å². The highest BCUT2D eigenvalue weighted by Crippen LogP contribution is 2.42. The third-order valence-electron chi connectivity index (χ3n) is 4.59. The van der Waals surface area contributed by atoms with Crippen molar-refractivity contribution in [2.75, 3.05) is 13.7 Å². The molecule has 0 aromatic heterocycles. The summed E-state index contributed by atoms with van der Waals surface area (Å²) in [5.41, 5.74) is 1.60. The van der Waals surface area contributed by atoms with E-state index in [0.717, 1.165) is 5.56 Å². The smallest absolute Gasteiger partial charge is 0.315 e. The van der Waals surface area contributed by atoms with Gasteiger partial charge in [-0.3, -0.25) is 14.9 Å². The number of nitro groups is 1. The van der Waals surface area contributed by atoms with Gasteiger partial charge in [0, 0.05) is 31.1 Å². The van der Waals surface area contributed by atoms with Crippen LogP contribution >= 0.6 is 0 Å². The molecule has 2 aromatic rings. The number of fused-ring (bicyclic) bond motifs is 2. The minimum absolute atomic E-state index is 0.00273. The number of ether oxygens (including phenoxy) is 2. The van der Waals surface area contributed by atoms with Crippen molar-refractivity contribution in [3.63, 3.8) is 0 Å². The zero-order chi connectivity index (χ0) is 18.4. The van der Waals surface area contributed by atoms with E-state index < -0.39 is 11.0 Å². The molecule has 8 nitrogen and oxygen atoms in total. The normalized spacial score (nSPS) is 18.2. The first kappa shape index (κ1) is 16.3. The molecule has 0 bridgehead atoms. The Hall–Kier alpha value is -3.13. The monoisotopic (exact) mass is 356 g/mol. The van der Waals surface area contributed by atoms with Crippen LogP contribution in [0.25, 0.3) is 0 Å². The fourth-order valence-electron chi connectivity index (χ4n) is 3.23. The van der Waals surface area contributed by atoms with Gasteiger partial charge in [0.15, 0.2) is 0 Å². The average molecular weight is 356 g/mol. The van der Waals surface area contributed by atoms with E-state index in [2.05, 4.69) is 0 Å². The van der Waals surface area contributed by atoms with E-state index in [4.69, 9.17) is 9.47 Å². The lowest BCUT2D eigenvalue weighted by molar-refractivity contribution is -0.385. The van der Waals surface area contributed by atoms with Crippen LogP contribution in [-0.4, -0.2) is 34.5 Å². The van der Waals surface area contributed by atoms with Crippen molar-refractivity contribution in [2.24, 2.45) is 0 Å². The molecule has 0 aliphatic carbocycles. The Morgan fingerprint density at radius 2 is 2.15 bits per heavy atom. The number of carbonyl (C=O) groups is 1. The van der Waals surface area contributed by atoms with Gasteiger partial charge in [0.05, 0.1) is 23.7 Å². The van der Waals surface area contributed by atoms with Gasteiger partial charge in [-0.15, -0.1) is 0 Å². The number of nitrogens with zero attached hydrogens (tertiary/aromatic N) is 2. The summed E-state index contributed by atoms with van der Waals surface area (Å²) in [4.78, 5) is 24.6. The summed E-state index contributed by atoms with van der Waals surface area (Å²) in [6.07, 6.45) is -0.360. The minimum atomic E-state index is -0.767. The molecule has 1 N–H and O–H groups in total. The summed E-state index contributed by atoms with van der Waals surface area (Å²) >= 11 is 0. The number of hydrogen-bond donors (Lipinski definition) is 1. The van der Waals surface area contributed by atoms with Gasteiger partial charge in [-0.05, 0) is 23.8 Å². The fourth-order valence-corrected chi connectivity index (χ4v) is 3.23. The van der Waals surface area contributed by atoms with Gasteiger partial charge in [-0.1, -0.05) is 6.07 Å². The number of rotatable bonds is 3. The Balaban J connectivity index is 1.73. The predicted octanol–water partition coefficient (Wildman–Crippen LogP) is 2.79. The Kier molecular flexibility index (Phi) is 3.77. The molecule has 4 rings (SSSR count). The highest BCUT2D eigenvalue weighted by Gasteiger charge is 2.28. The van der Waals surface area contributed by atoms with Crippen LogP contribution < -0.4 is 9.47 Å². The maximum Gasteiger partial charge on any atom is 0.315 e. The standard InChI is InChI=1S/C18H16N2O6/c1-19-9-10-2-3-11(6-12(10)18(19)22)26-17-7-13-15(21)4-5-25-16(13)8-14(17)20(23)24/h2-3,6-8,15,21H,4-5,9H2,1H3. The van der Waals surface area contributed by atoms with Crippen molar-refractivity contribution >= 4 is 11.6 Å². The van der Waals surface area contributed by atoms with E-state index in [-0.39, 0.29) is 23.1 Å². The topological polar surface area (TPSA) is 102 Å². The van der Waals surface area contributed by atoms with Gasteiger partial charge in [-0.2, -0.15) is 0 Å². The molecule has 8 heteroatoms. The molecule has 26 heavy (non-hydrogen) atoms. The van der Waals surface area contributed by atoms with Gasteiger partial charge in [-0.25, -0.2) is 0 Å². The Labute approximate surface area is 148 Å². The Morgan fingerprint density at radius 3 is 2.92 bits per heavy atom. The molecule has 2 heterocycles. The van der Waals surface area contributed by atoms with Gasteiger partial charge >= 0.3 is 5.69 Å². The third-order valence-corrected chi connectivity index (χ3v) is 4.59. The first-order valence-corrected chi connectivity index (χ1v) is 8.13. The second kappa shape index (κ2) is 5.99. The van der Waals surface area contributed by atoms with Crippen LogP contribution in [0.2, 0.25) is 0 Å². The number of amides is 1. The van der Waals surface area contributed by atoms with Gasteiger partial charge in [0.25, 0.3) is 5.91 Å². The van der Waals surface area contributed by atoms with Crippen molar-refractivity contribution in [3.05, 3.63) is 57.1 Å². The fraction of sp³-hybridized carbons (Fsp3) is 0.278. The second-order valence-corrected chi connectivity index (χ2v) is 6.35. The third kappa shape index (κ3) is 2.64. The van der Waals surface area contributed by atoms with Crippen LogP contribution in [0.3, 0.4) is 0 Å². The number of aliphatic hydroxyl groups is 1. The first-order valence-electron chi connectivity index (χ1n) is 8.13. The SMILES string of the molecule is CN1Cc2ccc(Oc3cc4c(cc3[N+](=O)[O-])OCCC4O)cc2C1=O. The molecule has 1 unspecified atom stereocenters. The van der Waals surface area contributed by atoms with Gasteiger partial charge in [0.1, 0.15) is 11.5 Å². The molecule has 2 aliphatic heterocycles. The zero-order valence-electron chi connectivity index (χ0n) is 14.0. The molecule has 0 fully saturated rings. The van der Waals surface area contributed by atoms with E-state index in [9.17, 15) is 20.0 Å². The van der Waals surface area contributed by atoms with Crippen LogP contribution in [0, 0.1) is 10.1 Å². The number of aliphatic hydroxyl groups excluding tert-OH is 1. The Bertz CT molecular complexity index is 926. The maximum atomic E-state index is 12.1. The highest BCUT2D eigenvalue weighted by molar-refractivity contribution is 5.98. The molecular weight excluding hydrogens is 340 g/mol. The summed E-state index contributed by atoms with van der Waals surface area (Å²) in [6, 6.07) is 7.71. The van der Waals surface area contributed by atoms with Crippen LogP contribution in [-0.2, 0) is 6.54 Å². The minimum Gasteiger partial charge on any atom is -0.493 e. The molecule has 2 aliphatic rings. The lowest BCUT2D eigenvalue weighted by atomic mass is 10.0. The van der Waals surface area contributed by atoms with Crippen molar-refractivity contribution in [3.8, 4) is 17.2 Å². The first-order chi connectivity index (χ1) is 12.4. The van der Waals surface area contributed by atoms with Gasteiger partial charge in [0.2, 0.25) is 5.75 Å². The molecule has 0 saturated heterocycles. The van der Waals surface area contributed by atoms with Crippen molar-refractivity contribution < 1.29 is 24.3 Å². The largest absolute Gasteiger partial charge is 0.493 e. The number of benzene rings is 2. The van der Waals surface area contributed by atoms with Crippen LogP contribution in [0.4, 0.5) is 5.69 Å². The average Bonchev–Trinajstić information content (AvgIpc) is 2.89. The summed E-state index contributed by atoms with van der Waals surface area (Å²) in [7, 11) is 1.71. The van der Waals surface area contributed by atoms with E-state index in [0.29, 0.717) is 36.4 Å². The van der Waals surface area contributed by atoms with Crippen molar-refractivity contribution in [1.82, 2.24) is 4.90 Å².